The summed E-state index contributed by atoms with van der Waals surface area (Å²) in [5, 5.41) is 18.9. The van der Waals surface area contributed by atoms with Gasteiger partial charge in [-0.2, -0.15) is 0 Å². The van der Waals surface area contributed by atoms with Crippen molar-refractivity contribution in [2.45, 2.75) is 0 Å². The summed E-state index contributed by atoms with van der Waals surface area (Å²) in [5.74, 6) is -1.94. The maximum Gasteiger partial charge on any atom is 0.341 e. The van der Waals surface area contributed by atoms with Gasteiger partial charge in [-0.15, -0.1) is 0 Å². The molecular formula is C6H4NO3. The third-order valence-electron chi connectivity index (χ3n) is 1.00. The van der Waals surface area contributed by atoms with E-state index in [1.54, 1.807) is 0 Å². The molecule has 4 nitrogen and oxygen atoms in total. The zero-order chi connectivity index (χ0) is 7.56. The van der Waals surface area contributed by atoms with E-state index >= 15 is 0 Å². The third-order valence-corrected chi connectivity index (χ3v) is 1.00. The molecule has 1 N–H and O–H groups in total. The minimum atomic E-state index is -1.24. The summed E-state index contributed by atoms with van der Waals surface area (Å²) >= 11 is 0. The Hall–Kier alpha value is -1.58. The first-order chi connectivity index (χ1) is 4.72. The lowest BCUT2D eigenvalue weighted by Gasteiger charge is -1.90. The molecule has 0 atom stereocenters. The van der Waals surface area contributed by atoms with E-state index in [-0.39, 0.29) is 5.56 Å². The maximum atomic E-state index is 10.6. The molecule has 10 heavy (non-hydrogen) atoms. The summed E-state index contributed by atoms with van der Waals surface area (Å²) in [5.41, 5.74) is -0.289. The van der Waals surface area contributed by atoms with Crippen LogP contribution in [0.3, 0.4) is 0 Å². The molecule has 0 unspecified atom stereocenters. The van der Waals surface area contributed by atoms with Gasteiger partial charge in [-0.1, -0.05) is 0 Å². The molecule has 0 bridgehead atoms. The monoisotopic (exact) mass is 138 g/mol. The molecule has 0 amide bonds. The first kappa shape index (κ1) is 6.54. The van der Waals surface area contributed by atoms with Crippen molar-refractivity contribution >= 4 is 5.97 Å². The molecule has 0 fully saturated rings. The summed E-state index contributed by atoms with van der Waals surface area (Å²) in [4.78, 5) is 13.4. The van der Waals surface area contributed by atoms with Gasteiger partial charge in [0.25, 0.3) is 5.88 Å². The molecule has 1 aromatic rings. The van der Waals surface area contributed by atoms with E-state index in [9.17, 15) is 9.90 Å². The standard InChI is InChI=1S/C6H4NO3/c8-5-4(6(9)10)2-1-3-7-5/h1-3H,(H,9,10). The molecule has 1 rings (SSSR count). The molecule has 1 radical (unpaired) electrons. The average molecular weight is 138 g/mol. The van der Waals surface area contributed by atoms with E-state index in [2.05, 4.69) is 4.98 Å². The van der Waals surface area contributed by atoms with E-state index in [1.807, 2.05) is 0 Å². The van der Waals surface area contributed by atoms with Crippen LogP contribution < -0.4 is 0 Å². The summed E-state index contributed by atoms with van der Waals surface area (Å²) in [6.45, 7) is 0. The van der Waals surface area contributed by atoms with Crippen molar-refractivity contribution in [3.05, 3.63) is 23.9 Å². The number of nitrogens with zero attached hydrogens (tertiary/aromatic N) is 1. The van der Waals surface area contributed by atoms with Crippen LogP contribution in [-0.4, -0.2) is 16.1 Å². The summed E-state index contributed by atoms with van der Waals surface area (Å²) < 4.78 is 0. The van der Waals surface area contributed by atoms with Crippen molar-refractivity contribution in [1.29, 1.82) is 0 Å². The van der Waals surface area contributed by atoms with E-state index in [1.165, 1.54) is 18.3 Å². The highest BCUT2D eigenvalue weighted by Crippen LogP contribution is 2.11. The largest absolute Gasteiger partial charge is 0.477 e. The highest BCUT2D eigenvalue weighted by Gasteiger charge is 2.09. The molecule has 0 aliphatic carbocycles. The smallest absolute Gasteiger partial charge is 0.341 e. The van der Waals surface area contributed by atoms with Crippen molar-refractivity contribution in [3.8, 4) is 5.88 Å². The number of aromatic carboxylic acids is 1. The number of hydrogen-bond acceptors (Lipinski definition) is 2. The Kier molecular flexibility index (Phi) is 1.53. The Balaban J connectivity index is 3.15. The summed E-state index contributed by atoms with van der Waals surface area (Å²) in [6.07, 6.45) is 1.26. The van der Waals surface area contributed by atoms with Crippen LogP contribution >= 0.6 is 0 Å². The van der Waals surface area contributed by atoms with Crippen LogP contribution in [0.2, 0.25) is 0 Å². The Labute approximate surface area is 56.8 Å². The fraction of sp³-hybridized carbons (Fsp3) is 0. The lowest BCUT2D eigenvalue weighted by atomic mass is 10.3. The molecule has 1 heterocycles. The third kappa shape index (κ3) is 1.05. The van der Waals surface area contributed by atoms with Gasteiger partial charge in [0.05, 0.1) is 0 Å². The van der Waals surface area contributed by atoms with Crippen molar-refractivity contribution in [1.82, 2.24) is 4.98 Å². The molecule has 0 saturated carbocycles. The first-order valence-corrected chi connectivity index (χ1v) is 2.57. The highest BCUT2D eigenvalue weighted by atomic mass is 16.4. The first-order valence-electron chi connectivity index (χ1n) is 2.57. The number of carbonyl (C=O) groups is 1. The quantitative estimate of drug-likeness (QED) is 0.627. The van der Waals surface area contributed by atoms with Gasteiger partial charge in [0.15, 0.2) is 0 Å². The second-order valence-electron chi connectivity index (χ2n) is 1.66. The van der Waals surface area contributed by atoms with Gasteiger partial charge in [-0.25, -0.2) is 9.78 Å². The lowest BCUT2D eigenvalue weighted by Crippen LogP contribution is -1.96. The fourth-order valence-electron chi connectivity index (χ4n) is 0.554. The van der Waals surface area contributed by atoms with Crippen molar-refractivity contribution in [2.24, 2.45) is 0 Å². The molecule has 0 saturated heterocycles. The molecular weight excluding hydrogens is 134 g/mol. The van der Waals surface area contributed by atoms with Gasteiger partial charge in [0.1, 0.15) is 5.56 Å². The average Bonchev–Trinajstić information content (AvgIpc) is 1.88. The normalized spacial score (nSPS) is 9.20. The topological polar surface area (TPSA) is 70.1 Å². The van der Waals surface area contributed by atoms with E-state index in [0.717, 1.165) is 0 Å². The van der Waals surface area contributed by atoms with Crippen molar-refractivity contribution in [3.63, 3.8) is 0 Å². The van der Waals surface area contributed by atoms with Crippen LogP contribution in [0.1, 0.15) is 10.4 Å². The van der Waals surface area contributed by atoms with Gasteiger partial charge in [-0.3, -0.25) is 5.11 Å². The zero-order valence-corrected chi connectivity index (χ0v) is 4.94. The predicted octanol–water partition coefficient (Wildman–Crippen LogP) is 0.924. The minimum absolute atomic E-state index is 0.289. The second-order valence-corrected chi connectivity index (χ2v) is 1.66. The number of hydrogen-bond donors (Lipinski definition) is 1. The van der Waals surface area contributed by atoms with Gasteiger partial charge in [0, 0.05) is 6.20 Å². The lowest BCUT2D eigenvalue weighted by molar-refractivity contribution is 0.0690. The number of carboxylic acid groups (broad SMARTS) is 1. The van der Waals surface area contributed by atoms with E-state index in [4.69, 9.17) is 5.11 Å². The Morgan fingerprint density at radius 3 is 2.70 bits per heavy atom. The zero-order valence-electron chi connectivity index (χ0n) is 4.94. The second kappa shape index (κ2) is 2.34. The van der Waals surface area contributed by atoms with Crippen LogP contribution in [-0.2, 0) is 5.11 Å². The Bertz CT molecular complexity index is 259. The van der Waals surface area contributed by atoms with Crippen LogP contribution in [0.15, 0.2) is 18.3 Å². The summed E-state index contributed by atoms with van der Waals surface area (Å²) in [7, 11) is 0. The van der Waals surface area contributed by atoms with Gasteiger partial charge < -0.3 is 5.11 Å². The molecule has 4 heteroatoms. The Morgan fingerprint density at radius 2 is 2.30 bits per heavy atom. The fourth-order valence-corrected chi connectivity index (χ4v) is 0.554. The highest BCUT2D eigenvalue weighted by molar-refractivity contribution is 5.89. The molecule has 0 aliphatic heterocycles. The Morgan fingerprint density at radius 1 is 1.60 bits per heavy atom. The van der Waals surface area contributed by atoms with Crippen LogP contribution in [0, 0.1) is 0 Å². The molecule has 0 aromatic carbocycles. The number of aromatic nitrogens is 1. The maximum absolute atomic E-state index is 10.6. The van der Waals surface area contributed by atoms with Gasteiger partial charge >= 0.3 is 5.97 Å². The van der Waals surface area contributed by atoms with E-state index < -0.39 is 11.8 Å². The SMILES string of the molecule is [O]c1ncccc1C(=O)O. The molecule has 51 valence electrons. The number of pyridine rings is 1. The van der Waals surface area contributed by atoms with Gasteiger partial charge in [0.2, 0.25) is 0 Å². The van der Waals surface area contributed by atoms with E-state index in [0.29, 0.717) is 0 Å². The number of carboxylic acids is 1. The summed E-state index contributed by atoms with van der Waals surface area (Å²) in [6, 6.07) is 2.63. The molecule has 1 aromatic heterocycles. The van der Waals surface area contributed by atoms with Crippen molar-refractivity contribution < 1.29 is 15.0 Å². The minimum Gasteiger partial charge on any atom is -0.477 e. The van der Waals surface area contributed by atoms with Crippen LogP contribution in [0.4, 0.5) is 0 Å². The van der Waals surface area contributed by atoms with Crippen LogP contribution in [0.25, 0.3) is 0 Å². The molecule has 0 aliphatic rings. The van der Waals surface area contributed by atoms with Gasteiger partial charge in [-0.05, 0) is 12.1 Å². The number of rotatable bonds is 1. The van der Waals surface area contributed by atoms with Crippen LogP contribution in [0.5, 0.6) is 5.88 Å². The predicted molar refractivity (Wildman–Crippen MR) is 31.3 cm³/mol. The molecule has 0 spiro atoms. The van der Waals surface area contributed by atoms with Crippen molar-refractivity contribution in [2.75, 3.05) is 0 Å².